The predicted octanol–water partition coefficient (Wildman–Crippen LogP) is 0.426. The van der Waals surface area contributed by atoms with Gasteiger partial charge >= 0.3 is 5.97 Å². The van der Waals surface area contributed by atoms with Crippen molar-refractivity contribution in [3.05, 3.63) is 23.3 Å². The van der Waals surface area contributed by atoms with Gasteiger partial charge in [0.2, 0.25) is 0 Å². The molecular formula is C21H32O8. The van der Waals surface area contributed by atoms with E-state index in [-0.39, 0.29) is 23.9 Å². The van der Waals surface area contributed by atoms with E-state index in [9.17, 15) is 25.2 Å². The fourth-order valence-electron chi connectivity index (χ4n) is 4.22. The lowest BCUT2D eigenvalue weighted by Gasteiger charge is -2.41. The number of ether oxygens (including phenoxy) is 3. The topological polar surface area (TPSA) is 126 Å². The first-order valence-corrected chi connectivity index (χ1v) is 10.2. The fraction of sp³-hybridized carbons (Fsp3) is 0.762. The van der Waals surface area contributed by atoms with Crippen molar-refractivity contribution in [2.24, 2.45) is 11.8 Å². The molecule has 4 N–H and O–H groups in total. The van der Waals surface area contributed by atoms with Gasteiger partial charge < -0.3 is 34.6 Å². The van der Waals surface area contributed by atoms with Crippen LogP contribution in [0.1, 0.15) is 40.0 Å². The molecule has 0 aromatic rings. The zero-order chi connectivity index (χ0) is 21.3. The van der Waals surface area contributed by atoms with Crippen molar-refractivity contribution in [2.75, 3.05) is 6.61 Å². The maximum absolute atomic E-state index is 12.1. The molecule has 9 atom stereocenters. The van der Waals surface area contributed by atoms with Crippen LogP contribution >= 0.6 is 0 Å². The predicted molar refractivity (Wildman–Crippen MR) is 103 cm³/mol. The standard InChI is InChI=1S/C21H32O8/c1-10-4-6-13-12(3)20(26)27-15(13)8-11(2)14(7-5-10)28-21-19(25)18(24)17(23)16(9-22)29-21/h5,8,12-19,21-25H,4,6-7,9H2,1-3H3/b10-5-,11-8?/t12-,13-,14-,15+,16+,17+,18-,19+,21+/m0/s1. The molecule has 2 heterocycles. The van der Waals surface area contributed by atoms with E-state index < -0.39 is 43.4 Å². The van der Waals surface area contributed by atoms with Crippen LogP contribution in [-0.4, -0.2) is 75.9 Å². The Morgan fingerprint density at radius 3 is 2.59 bits per heavy atom. The first-order valence-electron chi connectivity index (χ1n) is 10.2. The molecular weight excluding hydrogens is 380 g/mol. The highest BCUT2D eigenvalue weighted by molar-refractivity contribution is 5.75. The van der Waals surface area contributed by atoms with E-state index in [1.165, 1.54) is 5.57 Å². The normalized spacial score (nSPS) is 45.6. The highest BCUT2D eigenvalue weighted by Gasteiger charge is 2.45. The van der Waals surface area contributed by atoms with Crippen LogP contribution in [0.5, 0.6) is 0 Å². The number of fused-ring (bicyclic) bond motifs is 1. The van der Waals surface area contributed by atoms with Crippen LogP contribution in [-0.2, 0) is 19.0 Å². The van der Waals surface area contributed by atoms with E-state index in [2.05, 4.69) is 6.08 Å². The Morgan fingerprint density at radius 1 is 1.17 bits per heavy atom. The summed E-state index contributed by atoms with van der Waals surface area (Å²) >= 11 is 0. The van der Waals surface area contributed by atoms with Gasteiger partial charge in [-0.3, -0.25) is 4.79 Å². The lowest BCUT2D eigenvalue weighted by molar-refractivity contribution is -0.308. The summed E-state index contributed by atoms with van der Waals surface area (Å²) in [5.41, 5.74) is 2.00. The molecule has 0 aromatic heterocycles. The van der Waals surface area contributed by atoms with Crippen molar-refractivity contribution in [2.45, 2.75) is 82.9 Å². The van der Waals surface area contributed by atoms with Crippen molar-refractivity contribution in [1.29, 1.82) is 0 Å². The summed E-state index contributed by atoms with van der Waals surface area (Å²) in [6, 6.07) is 0. The zero-order valence-corrected chi connectivity index (χ0v) is 17.1. The summed E-state index contributed by atoms with van der Waals surface area (Å²) in [5, 5.41) is 39.6. The van der Waals surface area contributed by atoms with Crippen LogP contribution in [0.15, 0.2) is 23.3 Å². The van der Waals surface area contributed by atoms with Crippen LogP contribution in [0.2, 0.25) is 0 Å². The van der Waals surface area contributed by atoms with Crippen molar-refractivity contribution in [3.8, 4) is 0 Å². The summed E-state index contributed by atoms with van der Waals surface area (Å²) < 4.78 is 17.0. The number of rotatable bonds is 3. The summed E-state index contributed by atoms with van der Waals surface area (Å²) in [6.45, 7) is 5.28. The summed E-state index contributed by atoms with van der Waals surface area (Å²) in [4.78, 5) is 12.1. The second kappa shape index (κ2) is 9.24. The van der Waals surface area contributed by atoms with Gasteiger partial charge in [-0.1, -0.05) is 18.6 Å². The zero-order valence-electron chi connectivity index (χ0n) is 17.1. The number of hydrogen-bond donors (Lipinski definition) is 4. The number of carbonyl (C=O) groups excluding carboxylic acids is 1. The molecule has 0 amide bonds. The summed E-state index contributed by atoms with van der Waals surface area (Å²) in [6.07, 6.45) is -1.25. The molecule has 0 radical (unpaired) electrons. The van der Waals surface area contributed by atoms with Crippen molar-refractivity contribution < 1.29 is 39.4 Å². The second-order valence-electron chi connectivity index (χ2n) is 8.41. The lowest BCUT2D eigenvalue weighted by Crippen LogP contribution is -2.59. The van der Waals surface area contributed by atoms with Crippen molar-refractivity contribution in [1.82, 2.24) is 0 Å². The Bertz CT molecular complexity index is 657. The molecule has 164 valence electrons. The third-order valence-electron chi connectivity index (χ3n) is 6.32. The average Bonchev–Trinajstić information content (AvgIpc) is 2.95. The first kappa shape index (κ1) is 22.4. The molecule has 29 heavy (non-hydrogen) atoms. The van der Waals surface area contributed by atoms with Gasteiger partial charge in [0.15, 0.2) is 6.29 Å². The van der Waals surface area contributed by atoms with Gasteiger partial charge in [-0.2, -0.15) is 0 Å². The van der Waals surface area contributed by atoms with Gasteiger partial charge in [0, 0.05) is 5.92 Å². The minimum Gasteiger partial charge on any atom is -0.458 e. The highest BCUT2D eigenvalue weighted by Crippen LogP contribution is 2.36. The third-order valence-corrected chi connectivity index (χ3v) is 6.32. The van der Waals surface area contributed by atoms with E-state index in [1.54, 1.807) is 0 Å². The van der Waals surface area contributed by atoms with Gasteiger partial charge in [-0.15, -0.1) is 0 Å². The molecule has 3 aliphatic rings. The Hall–Kier alpha value is -1.29. The molecule has 0 unspecified atom stereocenters. The van der Waals surface area contributed by atoms with Crippen molar-refractivity contribution >= 4 is 5.97 Å². The quantitative estimate of drug-likeness (QED) is 0.388. The van der Waals surface area contributed by atoms with E-state index in [1.807, 2.05) is 26.8 Å². The Balaban J connectivity index is 1.82. The molecule has 2 saturated heterocycles. The monoisotopic (exact) mass is 412 g/mol. The number of allylic oxidation sites excluding steroid dienone is 1. The largest absolute Gasteiger partial charge is 0.458 e. The Kier molecular flexibility index (Phi) is 7.14. The minimum atomic E-state index is -1.49. The molecule has 2 aliphatic heterocycles. The van der Waals surface area contributed by atoms with Crippen LogP contribution in [0, 0.1) is 11.8 Å². The molecule has 8 heteroatoms. The van der Waals surface area contributed by atoms with Crippen LogP contribution < -0.4 is 0 Å². The highest BCUT2D eigenvalue weighted by atomic mass is 16.7. The van der Waals surface area contributed by atoms with E-state index >= 15 is 0 Å². The molecule has 0 spiro atoms. The van der Waals surface area contributed by atoms with Gasteiger partial charge in [-0.05, 0) is 44.8 Å². The molecule has 1 aliphatic carbocycles. The molecule has 0 saturated carbocycles. The van der Waals surface area contributed by atoms with Gasteiger partial charge in [0.1, 0.15) is 30.5 Å². The number of esters is 1. The molecule has 3 rings (SSSR count). The third kappa shape index (κ3) is 4.73. The van der Waals surface area contributed by atoms with Crippen molar-refractivity contribution in [3.63, 3.8) is 0 Å². The first-order chi connectivity index (χ1) is 13.7. The fourth-order valence-corrected chi connectivity index (χ4v) is 4.22. The maximum atomic E-state index is 12.1. The smallest absolute Gasteiger partial charge is 0.309 e. The van der Waals surface area contributed by atoms with E-state index in [0.717, 1.165) is 18.4 Å². The molecule has 2 fully saturated rings. The number of aliphatic hydroxyl groups is 4. The molecule has 8 nitrogen and oxygen atoms in total. The summed E-state index contributed by atoms with van der Waals surface area (Å²) in [7, 11) is 0. The van der Waals surface area contributed by atoms with Crippen LogP contribution in [0.4, 0.5) is 0 Å². The second-order valence-corrected chi connectivity index (χ2v) is 8.41. The summed E-state index contributed by atoms with van der Waals surface area (Å²) in [5.74, 6) is -0.274. The molecule has 0 bridgehead atoms. The number of carbonyl (C=O) groups is 1. The van der Waals surface area contributed by atoms with Crippen LogP contribution in [0.3, 0.4) is 0 Å². The van der Waals surface area contributed by atoms with Gasteiger partial charge in [0.05, 0.1) is 18.6 Å². The van der Waals surface area contributed by atoms with E-state index in [0.29, 0.717) is 6.42 Å². The van der Waals surface area contributed by atoms with Crippen LogP contribution in [0.25, 0.3) is 0 Å². The number of hydrogen-bond acceptors (Lipinski definition) is 8. The minimum absolute atomic E-state index is 0.0896. The van der Waals surface area contributed by atoms with Gasteiger partial charge in [0.25, 0.3) is 0 Å². The Morgan fingerprint density at radius 2 is 1.90 bits per heavy atom. The maximum Gasteiger partial charge on any atom is 0.309 e. The number of aliphatic hydroxyl groups excluding tert-OH is 4. The van der Waals surface area contributed by atoms with E-state index in [4.69, 9.17) is 14.2 Å². The lowest BCUT2D eigenvalue weighted by atomic mass is 9.84. The van der Waals surface area contributed by atoms with Gasteiger partial charge in [-0.25, -0.2) is 0 Å². The molecule has 0 aromatic carbocycles. The Labute approximate surface area is 170 Å². The SMILES string of the molecule is CC1=C[C@H]2OC(=O)[C@@H](C)[C@@H]2CC/C(C)=C\C[C@@H]1O[C@@H]1O[C@H](CO)[C@@H](O)[C@H](O)[C@H]1O. The average molecular weight is 412 g/mol.